The number of rotatable bonds is 6. The van der Waals surface area contributed by atoms with E-state index in [4.69, 9.17) is 4.74 Å². The van der Waals surface area contributed by atoms with Crippen molar-refractivity contribution in [3.8, 4) is 5.75 Å². The second kappa shape index (κ2) is 8.18. The number of amides is 1. The maximum Gasteiger partial charge on any atom is 0.244 e. The Morgan fingerprint density at radius 3 is 2.30 bits per heavy atom. The average molecular weight is 309 g/mol. The molecule has 0 heterocycles. The number of hydrogen-bond acceptors (Lipinski definition) is 2. The summed E-state index contributed by atoms with van der Waals surface area (Å²) in [5.41, 5.74) is 3.36. The molecule has 2 aromatic rings. The van der Waals surface area contributed by atoms with Crippen LogP contribution in [0.1, 0.15) is 36.5 Å². The highest BCUT2D eigenvalue weighted by molar-refractivity contribution is 5.91. The Kier molecular flexibility index (Phi) is 5.98. The van der Waals surface area contributed by atoms with E-state index in [9.17, 15) is 4.79 Å². The van der Waals surface area contributed by atoms with E-state index in [1.54, 1.807) is 13.2 Å². The predicted molar refractivity (Wildman–Crippen MR) is 94.4 cm³/mol. The Hall–Kier alpha value is -2.55. The fourth-order valence-corrected chi connectivity index (χ4v) is 2.16. The molecule has 23 heavy (non-hydrogen) atoms. The molecule has 3 nitrogen and oxygen atoms in total. The highest BCUT2D eigenvalue weighted by atomic mass is 16.5. The summed E-state index contributed by atoms with van der Waals surface area (Å²) in [6.07, 6.45) is 3.39. The summed E-state index contributed by atoms with van der Waals surface area (Å²) in [5, 5.41) is 2.87. The van der Waals surface area contributed by atoms with Crippen molar-refractivity contribution >= 4 is 12.0 Å². The van der Waals surface area contributed by atoms with Crippen molar-refractivity contribution in [2.24, 2.45) is 0 Å². The van der Waals surface area contributed by atoms with Gasteiger partial charge in [-0.05, 0) is 40.8 Å². The molecular formula is C20H23NO2. The lowest BCUT2D eigenvalue weighted by Gasteiger charge is -2.05. The minimum Gasteiger partial charge on any atom is -0.497 e. The summed E-state index contributed by atoms with van der Waals surface area (Å²) in [7, 11) is 1.63. The van der Waals surface area contributed by atoms with E-state index < -0.39 is 0 Å². The minimum absolute atomic E-state index is 0.103. The third-order valence-electron chi connectivity index (χ3n) is 3.66. The van der Waals surface area contributed by atoms with E-state index in [1.807, 2.05) is 42.5 Å². The molecule has 0 fully saturated rings. The fourth-order valence-electron chi connectivity index (χ4n) is 2.16. The average Bonchev–Trinajstić information content (AvgIpc) is 2.59. The minimum atomic E-state index is -0.103. The second-order valence-electron chi connectivity index (χ2n) is 5.72. The van der Waals surface area contributed by atoms with Crippen molar-refractivity contribution in [3.63, 3.8) is 0 Å². The van der Waals surface area contributed by atoms with E-state index >= 15 is 0 Å². The van der Waals surface area contributed by atoms with Gasteiger partial charge < -0.3 is 10.1 Å². The van der Waals surface area contributed by atoms with Crippen molar-refractivity contribution in [1.82, 2.24) is 5.32 Å². The van der Waals surface area contributed by atoms with E-state index in [0.29, 0.717) is 12.5 Å². The molecule has 1 N–H and O–H groups in total. The number of ether oxygens (including phenoxy) is 1. The van der Waals surface area contributed by atoms with E-state index in [0.717, 1.165) is 16.9 Å². The third kappa shape index (κ3) is 5.29. The first-order valence-corrected chi connectivity index (χ1v) is 7.77. The molecule has 2 aromatic carbocycles. The molecule has 2 rings (SSSR count). The monoisotopic (exact) mass is 309 g/mol. The van der Waals surface area contributed by atoms with Gasteiger partial charge in [0.2, 0.25) is 5.91 Å². The SMILES string of the molecule is COc1ccc(CNC(=O)/C=C/c2ccc(C(C)C)cc2)cc1. The number of carbonyl (C=O) groups excluding carboxylic acids is 1. The Bertz CT molecular complexity index is 655. The van der Waals surface area contributed by atoms with E-state index in [1.165, 1.54) is 5.56 Å². The van der Waals surface area contributed by atoms with Crippen LogP contribution in [-0.2, 0) is 11.3 Å². The molecule has 0 aliphatic heterocycles. The first kappa shape index (κ1) is 16.8. The lowest BCUT2D eigenvalue weighted by Crippen LogP contribution is -2.20. The molecule has 0 bridgehead atoms. The fraction of sp³-hybridized carbons (Fsp3) is 0.250. The quantitative estimate of drug-likeness (QED) is 0.814. The van der Waals surface area contributed by atoms with Gasteiger partial charge >= 0.3 is 0 Å². The van der Waals surface area contributed by atoms with Gasteiger partial charge in [-0.25, -0.2) is 0 Å². The number of methoxy groups -OCH3 is 1. The molecule has 0 saturated heterocycles. The smallest absolute Gasteiger partial charge is 0.244 e. The summed E-state index contributed by atoms with van der Waals surface area (Å²) >= 11 is 0. The highest BCUT2D eigenvalue weighted by Gasteiger charge is 1.99. The van der Waals surface area contributed by atoms with Crippen LogP contribution in [0.2, 0.25) is 0 Å². The molecule has 0 radical (unpaired) electrons. The lowest BCUT2D eigenvalue weighted by molar-refractivity contribution is -0.116. The molecule has 3 heteroatoms. The summed E-state index contributed by atoms with van der Waals surface area (Å²) in [5.74, 6) is 1.22. The van der Waals surface area contributed by atoms with Crippen LogP contribution in [0.15, 0.2) is 54.6 Å². The second-order valence-corrected chi connectivity index (χ2v) is 5.72. The van der Waals surface area contributed by atoms with Crippen molar-refractivity contribution in [2.75, 3.05) is 7.11 Å². The molecule has 0 aliphatic rings. The van der Waals surface area contributed by atoms with E-state index in [2.05, 4.69) is 31.3 Å². The van der Waals surface area contributed by atoms with Crippen LogP contribution in [0.5, 0.6) is 5.75 Å². The lowest BCUT2D eigenvalue weighted by atomic mass is 10.0. The molecule has 0 spiro atoms. The molecule has 0 saturated carbocycles. The van der Waals surface area contributed by atoms with Crippen LogP contribution in [0.3, 0.4) is 0 Å². The first-order chi connectivity index (χ1) is 11.1. The number of nitrogens with one attached hydrogen (secondary N) is 1. The first-order valence-electron chi connectivity index (χ1n) is 7.77. The molecule has 1 amide bonds. The third-order valence-corrected chi connectivity index (χ3v) is 3.66. The summed E-state index contributed by atoms with van der Waals surface area (Å²) < 4.78 is 5.11. The normalized spacial score (nSPS) is 11.0. The van der Waals surface area contributed by atoms with Gasteiger partial charge in [0.05, 0.1) is 7.11 Å². The van der Waals surface area contributed by atoms with Crippen LogP contribution < -0.4 is 10.1 Å². The molecule has 0 atom stereocenters. The molecule has 0 aromatic heterocycles. The zero-order valence-corrected chi connectivity index (χ0v) is 13.9. The van der Waals surface area contributed by atoms with Crippen LogP contribution in [0.4, 0.5) is 0 Å². The van der Waals surface area contributed by atoms with Crippen molar-refractivity contribution in [3.05, 3.63) is 71.3 Å². The maximum absolute atomic E-state index is 11.9. The van der Waals surface area contributed by atoms with Gasteiger partial charge in [0.1, 0.15) is 5.75 Å². The summed E-state index contributed by atoms with van der Waals surface area (Å²) in [6, 6.07) is 15.9. The van der Waals surface area contributed by atoms with Crippen LogP contribution in [0, 0.1) is 0 Å². The Balaban J connectivity index is 1.85. The zero-order valence-electron chi connectivity index (χ0n) is 13.9. The van der Waals surface area contributed by atoms with Crippen LogP contribution >= 0.6 is 0 Å². The maximum atomic E-state index is 11.9. The van der Waals surface area contributed by atoms with Gasteiger partial charge in [0.15, 0.2) is 0 Å². The van der Waals surface area contributed by atoms with Crippen molar-refractivity contribution < 1.29 is 9.53 Å². The van der Waals surface area contributed by atoms with E-state index in [-0.39, 0.29) is 5.91 Å². The molecule has 120 valence electrons. The number of hydrogen-bond donors (Lipinski definition) is 1. The Morgan fingerprint density at radius 2 is 1.74 bits per heavy atom. The highest BCUT2D eigenvalue weighted by Crippen LogP contribution is 2.15. The molecule has 0 aliphatic carbocycles. The predicted octanol–water partition coefficient (Wildman–Crippen LogP) is 4.15. The van der Waals surface area contributed by atoms with Crippen molar-refractivity contribution in [1.29, 1.82) is 0 Å². The van der Waals surface area contributed by atoms with Gasteiger partial charge in [-0.3, -0.25) is 4.79 Å². The Labute approximate surface area is 138 Å². The standard InChI is InChI=1S/C20H23NO2/c1-15(2)18-9-4-16(5-10-18)8-13-20(22)21-14-17-6-11-19(23-3)12-7-17/h4-13,15H,14H2,1-3H3,(H,21,22)/b13-8+. The number of benzene rings is 2. The zero-order chi connectivity index (χ0) is 16.7. The van der Waals surface area contributed by atoms with Crippen LogP contribution in [-0.4, -0.2) is 13.0 Å². The molecule has 0 unspecified atom stereocenters. The van der Waals surface area contributed by atoms with Crippen molar-refractivity contribution in [2.45, 2.75) is 26.3 Å². The van der Waals surface area contributed by atoms with Crippen LogP contribution in [0.25, 0.3) is 6.08 Å². The topological polar surface area (TPSA) is 38.3 Å². The van der Waals surface area contributed by atoms with Gasteiger partial charge in [0, 0.05) is 12.6 Å². The Morgan fingerprint density at radius 1 is 1.09 bits per heavy atom. The largest absolute Gasteiger partial charge is 0.497 e. The molecular weight excluding hydrogens is 286 g/mol. The summed E-state index contributed by atoms with van der Waals surface area (Å²) in [6.45, 7) is 4.83. The summed E-state index contributed by atoms with van der Waals surface area (Å²) in [4.78, 5) is 11.9. The van der Waals surface area contributed by atoms with Gasteiger partial charge in [-0.1, -0.05) is 50.2 Å². The van der Waals surface area contributed by atoms with Gasteiger partial charge in [-0.2, -0.15) is 0 Å². The van der Waals surface area contributed by atoms with Gasteiger partial charge in [-0.15, -0.1) is 0 Å². The van der Waals surface area contributed by atoms with Gasteiger partial charge in [0.25, 0.3) is 0 Å². The number of carbonyl (C=O) groups is 1.